The van der Waals surface area contributed by atoms with Crippen LogP contribution in [0.2, 0.25) is 0 Å². The van der Waals surface area contributed by atoms with Crippen molar-refractivity contribution in [2.75, 3.05) is 0 Å². The van der Waals surface area contributed by atoms with E-state index < -0.39 is 0 Å². The van der Waals surface area contributed by atoms with Crippen molar-refractivity contribution in [3.63, 3.8) is 0 Å². The van der Waals surface area contributed by atoms with Gasteiger partial charge in [-0.05, 0) is 172 Å². The van der Waals surface area contributed by atoms with Gasteiger partial charge in [0, 0.05) is 159 Å². The molecule has 0 amide bonds. The van der Waals surface area contributed by atoms with Crippen LogP contribution in [0.5, 0.6) is 0 Å². The molecular weight excluding hydrogens is 1290 g/mol. The van der Waals surface area contributed by atoms with E-state index in [9.17, 15) is 0 Å². The lowest BCUT2D eigenvalue weighted by Crippen LogP contribution is -1.85. The number of rotatable bonds is 7. The van der Waals surface area contributed by atoms with E-state index in [2.05, 4.69) is 132 Å². The highest BCUT2D eigenvalue weighted by molar-refractivity contribution is 5.72. The molecule has 18 heteroatoms. The van der Waals surface area contributed by atoms with Crippen molar-refractivity contribution < 1.29 is 0 Å². The second-order valence-electron chi connectivity index (χ2n) is 21.4. The first-order valence-electron chi connectivity index (χ1n) is 32.7. The van der Waals surface area contributed by atoms with Crippen LogP contribution in [0.15, 0.2) is 416 Å². The lowest BCUT2D eigenvalue weighted by molar-refractivity contribution is 1.15. The molecule has 3 aromatic carbocycles. The molecule has 0 spiro atoms. The summed E-state index contributed by atoms with van der Waals surface area (Å²) in [6, 6.07) is 83.7. The van der Waals surface area contributed by atoms with Gasteiger partial charge in [-0.1, -0.05) is 121 Å². The Labute approximate surface area is 603 Å². The van der Waals surface area contributed by atoms with E-state index in [1.165, 1.54) is 40.5 Å². The van der Waals surface area contributed by atoms with Gasteiger partial charge in [-0.2, -0.15) is 0 Å². The summed E-state index contributed by atoms with van der Waals surface area (Å²) in [5, 5.41) is 0. The largest absolute Gasteiger partial charge is 0.265 e. The van der Waals surface area contributed by atoms with Crippen LogP contribution in [0.3, 0.4) is 0 Å². The minimum atomic E-state index is 0.637. The monoisotopic (exact) mass is 1350 g/mol. The van der Waals surface area contributed by atoms with E-state index in [-0.39, 0.29) is 0 Å². The summed E-state index contributed by atoms with van der Waals surface area (Å²) in [6.45, 7) is 0. The van der Waals surface area contributed by atoms with E-state index in [1.54, 1.807) is 112 Å². The Bertz CT molecular complexity index is 4000. The van der Waals surface area contributed by atoms with Gasteiger partial charge in [0.25, 0.3) is 0 Å². The summed E-state index contributed by atoms with van der Waals surface area (Å²) >= 11 is 0. The van der Waals surface area contributed by atoms with Gasteiger partial charge in [-0.25, -0.2) is 29.9 Å². The molecule has 0 atom stereocenters. The average Bonchev–Trinajstić information content (AvgIpc) is 1.25. The van der Waals surface area contributed by atoms with Gasteiger partial charge in [-0.3, -0.25) is 59.8 Å². The Hall–Kier alpha value is -14.8. The first-order chi connectivity index (χ1) is 51.7. The smallest absolute Gasteiger partial charge is 0.181 e. The molecule has 502 valence electrons. The molecular formula is C86H68N18. The van der Waals surface area contributed by atoms with E-state index in [0.717, 1.165) is 67.0 Å². The maximum atomic E-state index is 4.25. The van der Waals surface area contributed by atoms with E-state index >= 15 is 0 Å². The van der Waals surface area contributed by atoms with Crippen LogP contribution in [0.25, 0.3) is 100 Å². The van der Waals surface area contributed by atoms with Crippen LogP contribution >= 0.6 is 0 Å². The molecule has 0 radical (unpaired) electrons. The van der Waals surface area contributed by atoms with E-state index in [0.29, 0.717) is 5.65 Å². The first kappa shape index (κ1) is 72.0. The molecule has 0 saturated heterocycles. The highest BCUT2D eigenvalue weighted by Crippen LogP contribution is 2.21. The third-order valence-electron chi connectivity index (χ3n) is 14.3. The minimum absolute atomic E-state index is 0.637. The lowest BCUT2D eigenvalue weighted by Gasteiger charge is -1.98. The SMILES string of the molecule is c1cc(-c2ccncc2)ccn1.c1ccc(-c2ccccn2)cc1.c1ccc(-c2cccnc2)cc1.c1ccc(-c2cccnc2)nc1.c1ccc(-c2ccncc2)cc1.c1ccc(-c2ccncc2)nc1.c1cnc2cncnc2c1.c1cnc2ncncc2n1.c1cncc(-c2ccncc2)c1. The summed E-state index contributed by atoms with van der Waals surface area (Å²) in [7, 11) is 0. The Morgan fingerprint density at radius 1 is 0.135 bits per heavy atom. The average molecular weight is 1350 g/mol. The number of aromatic nitrogens is 18. The lowest BCUT2D eigenvalue weighted by atomic mass is 10.1. The standard InChI is InChI=1S/3C11H9N.4C10H8N2.C7H5N3.C6H4N4/c1-2-6-10(7-3-1)11-8-4-5-9-12-11;1-2-5-10(6-3-1)11-7-4-8-12-9-11;1-2-4-10(5-3-1)11-6-8-12-9-7-11;1-5-11-6-2-9(1)10-3-7-12-8-4-10;1-2-10(8-12-5-1)9-3-6-11-7-4-9;1-2-7-12-10(5-1)9-4-3-6-11-8-9;1-2-6-12-10(3-1)9-4-7-11-8-5-9;1-2-6-7(9-3-1)4-8-5-10-6;1-2-9-6-5(8-1)3-7-4-10-6/h3*1-9H;4*1-8H;1-5H;1-4H. The topological polar surface area (TPSA) is 232 Å². The highest BCUT2D eigenvalue weighted by atomic mass is 14.9. The second kappa shape index (κ2) is 42.8. The van der Waals surface area contributed by atoms with Gasteiger partial charge in [0.05, 0.1) is 35.0 Å². The Morgan fingerprint density at radius 2 is 0.442 bits per heavy atom. The maximum absolute atomic E-state index is 4.25. The molecule has 0 bridgehead atoms. The maximum Gasteiger partial charge on any atom is 0.181 e. The molecule has 18 nitrogen and oxygen atoms in total. The Kier molecular flexibility index (Phi) is 29.6. The van der Waals surface area contributed by atoms with E-state index in [1.807, 2.05) is 250 Å². The van der Waals surface area contributed by atoms with Crippen molar-refractivity contribution in [2.24, 2.45) is 0 Å². The molecule has 0 saturated carbocycles. The quantitative estimate of drug-likeness (QED) is 0.144. The van der Waals surface area contributed by atoms with Crippen LogP contribution in [0, 0.1) is 0 Å². The van der Waals surface area contributed by atoms with Crippen LogP contribution in [-0.2, 0) is 0 Å². The van der Waals surface area contributed by atoms with Gasteiger partial charge in [-0.15, -0.1) is 0 Å². The number of nitrogens with zero attached hydrogens (tertiary/aromatic N) is 18. The van der Waals surface area contributed by atoms with Crippen LogP contribution in [0.1, 0.15) is 0 Å². The zero-order valence-corrected chi connectivity index (χ0v) is 56.3. The van der Waals surface area contributed by atoms with Crippen molar-refractivity contribution in [1.82, 2.24) is 89.7 Å². The minimum Gasteiger partial charge on any atom is -0.265 e. The predicted octanol–water partition coefficient (Wildman–Crippen LogP) is 18.3. The number of hydrogen-bond acceptors (Lipinski definition) is 18. The molecule has 15 aromatic heterocycles. The molecule has 15 heterocycles. The van der Waals surface area contributed by atoms with Gasteiger partial charge in [0.1, 0.15) is 23.7 Å². The summed E-state index contributed by atoms with van der Waals surface area (Å²) in [4.78, 5) is 72.1. The van der Waals surface area contributed by atoms with Crippen LogP contribution in [-0.4, -0.2) is 89.7 Å². The molecule has 0 unspecified atom stereocenters. The number of fused-ring (bicyclic) bond motifs is 2. The summed E-state index contributed by atoms with van der Waals surface area (Å²) in [5.41, 5.74) is 18.8. The first-order valence-corrected chi connectivity index (χ1v) is 32.7. The van der Waals surface area contributed by atoms with Crippen LogP contribution in [0.4, 0.5) is 0 Å². The van der Waals surface area contributed by atoms with Crippen molar-refractivity contribution in [2.45, 2.75) is 0 Å². The van der Waals surface area contributed by atoms with Crippen LogP contribution < -0.4 is 0 Å². The summed E-state index contributed by atoms with van der Waals surface area (Å²) in [6.07, 6.45) is 45.3. The second-order valence-corrected chi connectivity index (χ2v) is 21.4. The van der Waals surface area contributed by atoms with E-state index in [4.69, 9.17) is 0 Å². The summed E-state index contributed by atoms with van der Waals surface area (Å²) < 4.78 is 0. The van der Waals surface area contributed by atoms with Crippen molar-refractivity contribution >= 4 is 22.2 Å². The number of pyridine rings is 12. The van der Waals surface area contributed by atoms with Crippen molar-refractivity contribution in [1.29, 1.82) is 0 Å². The predicted molar refractivity (Wildman–Crippen MR) is 411 cm³/mol. The van der Waals surface area contributed by atoms with Crippen molar-refractivity contribution in [3.8, 4) is 78.3 Å². The molecule has 18 aromatic rings. The molecule has 0 aliphatic heterocycles. The molecule has 0 N–H and O–H groups in total. The van der Waals surface area contributed by atoms with Gasteiger partial charge in [0.15, 0.2) is 5.65 Å². The Balaban J connectivity index is 0.000000126. The molecule has 18 rings (SSSR count). The number of hydrogen-bond donors (Lipinski definition) is 0. The number of benzene rings is 3. The highest BCUT2D eigenvalue weighted by Gasteiger charge is 2.00. The Morgan fingerprint density at radius 3 is 0.846 bits per heavy atom. The fourth-order valence-corrected chi connectivity index (χ4v) is 9.29. The third kappa shape index (κ3) is 24.9. The fraction of sp³-hybridized carbons (Fsp3) is 0. The third-order valence-corrected chi connectivity index (χ3v) is 14.3. The molecule has 0 aliphatic rings. The zero-order valence-electron chi connectivity index (χ0n) is 56.3. The summed E-state index contributed by atoms with van der Waals surface area (Å²) in [5.74, 6) is 0. The van der Waals surface area contributed by atoms with Gasteiger partial charge < -0.3 is 0 Å². The fourth-order valence-electron chi connectivity index (χ4n) is 9.29. The molecule has 0 fully saturated rings. The van der Waals surface area contributed by atoms with Gasteiger partial charge >= 0.3 is 0 Å². The zero-order chi connectivity index (χ0) is 71.2. The molecule has 0 aliphatic carbocycles. The van der Waals surface area contributed by atoms with Gasteiger partial charge in [0.2, 0.25) is 0 Å². The van der Waals surface area contributed by atoms with Crippen molar-refractivity contribution in [3.05, 3.63) is 416 Å². The normalized spacial score (nSPS) is 9.73. The molecule has 104 heavy (non-hydrogen) atoms.